The van der Waals surface area contributed by atoms with Gasteiger partial charge in [0, 0.05) is 31.5 Å². The van der Waals surface area contributed by atoms with Gasteiger partial charge in [-0.3, -0.25) is 4.79 Å². The standard InChI is InChI=1S/C19H25N3O2/c1-13(2)15-6-8-16(9-7-15)19(23)22-12-4-5-17(22)10-11-18-20-14(3)24-21-18/h6-9,13,17H,4-5,10-12H2,1-3H3. The highest BCUT2D eigenvalue weighted by molar-refractivity contribution is 5.94. The fourth-order valence-electron chi connectivity index (χ4n) is 3.32. The Morgan fingerprint density at radius 1 is 1.33 bits per heavy atom. The van der Waals surface area contributed by atoms with E-state index < -0.39 is 0 Å². The molecule has 1 aliphatic rings. The van der Waals surface area contributed by atoms with Crippen LogP contribution in [0.1, 0.15) is 66.7 Å². The van der Waals surface area contributed by atoms with Crippen LogP contribution in [0.2, 0.25) is 0 Å². The van der Waals surface area contributed by atoms with Crippen molar-refractivity contribution in [3.63, 3.8) is 0 Å². The maximum Gasteiger partial charge on any atom is 0.254 e. The molecule has 5 nitrogen and oxygen atoms in total. The van der Waals surface area contributed by atoms with Gasteiger partial charge in [0.1, 0.15) is 0 Å². The Morgan fingerprint density at radius 3 is 2.71 bits per heavy atom. The number of nitrogens with zero attached hydrogens (tertiary/aromatic N) is 3. The number of aromatic nitrogens is 2. The first-order valence-corrected chi connectivity index (χ1v) is 8.74. The van der Waals surface area contributed by atoms with E-state index in [1.54, 1.807) is 6.92 Å². The molecule has 24 heavy (non-hydrogen) atoms. The topological polar surface area (TPSA) is 59.2 Å². The fourth-order valence-corrected chi connectivity index (χ4v) is 3.32. The van der Waals surface area contributed by atoms with Gasteiger partial charge < -0.3 is 9.42 Å². The Morgan fingerprint density at radius 2 is 2.08 bits per heavy atom. The Labute approximate surface area is 143 Å². The summed E-state index contributed by atoms with van der Waals surface area (Å²) in [6, 6.07) is 8.29. The number of carbonyl (C=O) groups is 1. The SMILES string of the molecule is Cc1nc(CCC2CCCN2C(=O)c2ccc(C(C)C)cc2)no1. The number of hydrogen-bond donors (Lipinski definition) is 0. The van der Waals surface area contributed by atoms with E-state index in [4.69, 9.17) is 4.52 Å². The highest BCUT2D eigenvalue weighted by Gasteiger charge is 2.29. The van der Waals surface area contributed by atoms with Gasteiger partial charge in [0.25, 0.3) is 5.91 Å². The fraction of sp³-hybridized carbons (Fsp3) is 0.526. The van der Waals surface area contributed by atoms with E-state index in [0.717, 1.165) is 43.6 Å². The summed E-state index contributed by atoms with van der Waals surface area (Å²) in [4.78, 5) is 19.1. The number of carbonyl (C=O) groups excluding carboxylic acids is 1. The lowest BCUT2D eigenvalue weighted by atomic mass is 10.0. The molecule has 1 saturated heterocycles. The summed E-state index contributed by atoms with van der Waals surface area (Å²) in [5.74, 6) is 1.94. The molecule has 1 atom stereocenters. The van der Waals surface area contributed by atoms with Gasteiger partial charge in [-0.1, -0.05) is 31.1 Å². The third-order valence-corrected chi connectivity index (χ3v) is 4.73. The monoisotopic (exact) mass is 327 g/mol. The summed E-state index contributed by atoms with van der Waals surface area (Å²) in [6.07, 6.45) is 3.74. The molecule has 1 fully saturated rings. The predicted molar refractivity (Wildman–Crippen MR) is 91.9 cm³/mol. The predicted octanol–water partition coefficient (Wildman–Crippen LogP) is 3.74. The molecule has 2 heterocycles. The first kappa shape index (κ1) is 16.7. The smallest absolute Gasteiger partial charge is 0.254 e. The molecule has 128 valence electrons. The molecule has 0 radical (unpaired) electrons. The van der Waals surface area contributed by atoms with E-state index in [1.165, 1.54) is 5.56 Å². The molecule has 3 rings (SSSR count). The molecule has 0 bridgehead atoms. The lowest BCUT2D eigenvalue weighted by Gasteiger charge is -2.24. The van der Waals surface area contributed by atoms with E-state index in [-0.39, 0.29) is 11.9 Å². The Balaban J connectivity index is 1.64. The molecule has 1 aromatic carbocycles. The number of likely N-dealkylation sites (tertiary alicyclic amines) is 1. The van der Waals surface area contributed by atoms with Crippen LogP contribution in [0.25, 0.3) is 0 Å². The third kappa shape index (κ3) is 3.66. The second-order valence-corrected chi connectivity index (χ2v) is 6.84. The van der Waals surface area contributed by atoms with Gasteiger partial charge in [-0.2, -0.15) is 4.98 Å². The third-order valence-electron chi connectivity index (χ3n) is 4.73. The van der Waals surface area contributed by atoms with Crippen LogP contribution in [0.15, 0.2) is 28.8 Å². The first-order chi connectivity index (χ1) is 11.5. The second kappa shape index (κ2) is 7.16. The van der Waals surface area contributed by atoms with Crippen molar-refractivity contribution in [2.75, 3.05) is 6.54 Å². The molecule has 1 amide bonds. The molecule has 0 aliphatic carbocycles. The maximum absolute atomic E-state index is 12.8. The van der Waals surface area contributed by atoms with Crippen molar-refractivity contribution in [2.24, 2.45) is 0 Å². The minimum absolute atomic E-state index is 0.136. The average Bonchev–Trinajstić information content (AvgIpc) is 3.21. The van der Waals surface area contributed by atoms with E-state index >= 15 is 0 Å². The van der Waals surface area contributed by atoms with E-state index in [2.05, 4.69) is 36.1 Å². The molecule has 0 N–H and O–H groups in total. The van der Waals surface area contributed by atoms with Crippen LogP contribution >= 0.6 is 0 Å². The number of rotatable bonds is 5. The maximum atomic E-state index is 12.8. The van der Waals surface area contributed by atoms with Gasteiger partial charge in [0.2, 0.25) is 5.89 Å². The van der Waals surface area contributed by atoms with Gasteiger partial charge in [-0.05, 0) is 42.9 Å². The Bertz CT molecular complexity index is 691. The molecule has 1 aliphatic heterocycles. The summed E-state index contributed by atoms with van der Waals surface area (Å²) >= 11 is 0. The summed E-state index contributed by atoms with van der Waals surface area (Å²) < 4.78 is 5.01. The van der Waals surface area contributed by atoms with E-state index in [1.807, 2.05) is 17.0 Å². The van der Waals surface area contributed by atoms with Crippen molar-refractivity contribution in [1.82, 2.24) is 15.0 Å². The van der Waals surface area contributed by atoms with Gasteiger partial charge >= 0.3 is 0 Å². The number of hydrogen-bond acceptors (Lipinski definition) is 4. The van der Waals surface area contributed by atoms with Crippen LogP contribution in [-0.2, 0) is 6.42 Å². The van der Waals surface area contributed by atoms with Crippen molar-refractivity contribution in [3.8, 4) is 0 Å². The van der Waals surface area contributed by atoms with Crippen LogP contribution in [0.5, 0.6) is 0 Å². The van der Waals surface area contributed by atoms with Gasteiger partial charge in [0.15, 0.2) is 5.82 Å². The second-order valence-electron chi connectivity index (χ2n) is 6.84. The van der Waals surface area contributed by atoms with Crippen LogP contribution in [0.3, 0.4) is 0 Å². The zero-order chi connectivity index (χ0) is 17.1. The van der Waals surface area contributed by atoms with Crippen LogP contribution < -0.4 is 0 Å². The molecule has 1 aromatic heterocycles. The van der Waals surface area contributed by atoms with Gasteiger partial charge in [-0.15, -0.1) is 0 Å². The van der Waals surface area contributed by atoms with Crippen molar-refractivity contribution in [3.05, 3.63) is 47.1 Å². The normalized spacial score (nSPS) is 17.7. The van der Waals surface area contributed by atoms with Crippen molar-refractivity contribution in [2.45, 2.75) is 58.4 Å². The zero-order valence-corrected chi connectivity index (χ0v) is 14.7. The molecular formula is C19H25N3O2. The minimum Gasteiger partial charge on any atom is -0.340 e. The highest BCUT2D eigenvalue weighted by atomic mass is 16.5. The first-order valence-electron chi connectivity index (χ1n) is 8.74. The van der Waals surface area contributed by atoms with Gasteiger partial charge in [-0.25, -0.2) is 0 Å². The molecule has 0 saturated carbocycles. The highest BCUT2D eigenvalue weighted by Crippen LogP contribution is 2.24. The quantitative estimate of drug-likeness (QED) is 0.839. The summed E-state index contributed by atoms with van der Waals surface area (Å²) in [6.45, 7) is 6.95. The lowest BCUT2D eigenvalue weighted by Crippen LogP contribution is -2.35. The van der Waals surface area contributed by atoms with Crippen LogP contribution in [0.4, 0.5) is 0 Å². The molecule has 0 spiro atoms. The van der Waals surface area contributed by atoms with Crippen LogP contribution in [0, 0.1) is 6.92 Å². The molecule has 5 heteroatoms. The van der Waals surface area contributed by atoms with Crippen molar-refractivity contribution in [1.29, 1.82) is 0 Å². The summed E-state index contributed by atoms with van der Waals surface area (Å²) in [5.41, 5.74) is 2.04. The average molecular weight is 327 g/mol. The Kier molecular flexibility index (Phi) is 4.97. The number of benzene rings is 1. The van der Waals surface area contributed by atoms with E-state index in [9.17, 15) is 4.79 Å². The van der Waals surface area contributed by atoms with Crippen LogP contribution in [-0.4, -0.2) is 33.5 Å². The summed E-state index contributed by atoms with van der Waals surface area (Å²) in [5, 5.41) is 3.94. The molecule has 1 unspecified atom stereocenters. The largest absolute Gasteiger partial charge is 0.340 e. The van der Waals surface area contributed by atoms with Gasteiger partial charge in [0.05, 0.1) is 0 Å². The van der Waals surface area contributed by atoms with E-state index in [0.29, 0.717) is 11.8 Å². The minimum atomic E-state index is 0.136. The summed E-state index contributed by atoms with van der Waals surface area (Å²) in [7, 11) is 0. The number of amides is 1. The zero-order valence-electron chi connectivity index (χ0n) is 14.7. The number of aryl methyl sites for hydroxylation is 2. The molecular weight excluding hydrogens is 302 g/mol. The van der Waals surface area contributed by atoms with Crippen molar-refractivity contribution < 1.29 is 9.32 Å². The Hall–Kier alpha value is -2.17. The lowest BCUT2D eigenvalue weighted by molar-refractivity contribution is 0.0730. The van der Waals surface area contributed by atoms with Crippen molar-refractivity contribution >= 4 is 5.91 Å². The molecule has 2 aromatic rings.